The quantitative estimate of drug-likeness (QED) is 0.464. The topological polar surface area (TPSA) is 30.7 Å². The maximum Gasteiger partial charge on any atom is 0.337 e. The molecule has 3 nitrogen and oxygen atoms in total. The SMILES string of the molecule is [C-]#[N+]C(C(=O)OCC)=C(Br)c1ccccc1Br. The zero-order chi connectivity index (χ0) is 12.8. The van der Waals surface area contributed by atoms with Gasteiger partial charge in [-0.2, -0.15) is 0 Å². The molecule has 0 aromatic heterocycles. The Balaban J connectivity index is 3.24. The summed E-state index contributed by atoms with van der Waals surface area (Å²) in [5.41, 5.74) is 0.685. The van der Waals surface area contributed by atoms with Crippen LogP contribution in [0.2, 0.25) is 0 Å². The van der Waals surface area contributed by atoms with Crippen LogP contribution in [0, 0.1) is 6.57 Å². The number of benzene rings is 1. The lowest BCUT2D eigenvalue weighted by molar-refractivity contribution is -0.138. The molecule has 1 rings (SSSR count). The summed E-state index contributed by atoms with van der Waals surface area (Å²) in [7, 11) is 0. The Bertz CT molecular complexity index is 503. The van der Waals surface area contributed by atoms with Crippen LogP contribution < -0.4 is 0 Å². The number of ether oxygens (including phenoxy) is 1. The van der Waals surface area contributed by atoms with Crippen LogP contribution in [0.1, 0.15) is 12.5 Å². The van der Waals surface area contributed by atoms with Crippen molar-refractivity contribution in [1.82, 2.24) is 0 Å². The first kappa shape index (κ1) is 13.9. The van der Waals surface area contributed by atoms with E-state index in [-0.39, 0.29) is 12.3 Å². The van der Waals surface area contributed by atoms with E-state index in [1.807, 2.05) is 18.2 Å². The molecule has 0 heterocycles. The van der Waals surface area contributed by atoms with Crippen LogP contribution in [0.3, 0.4) is 0 Å². The lowest BCUT2D eigenvalue weighted by Crippen LogP contribution is -2.06. The standard InChI is InChI=1S/C12H9Br2NO2/c1-3-17-12(16)11(15-2)10(14)8-6-4-5-7-9(8)13/h4-7H,3H2,1H3. The van der Waals surface area contributed by atoms with E-state index in [0.717, 1.165) is 10.0 Å². The highest BCUT2D eigenvalue weighted by molar-refractivity contribution is 9.15. The van der Waals surface area contributed by atoms with Gasteiger partial charge in [-0.15, -0.1) is 0 Å². The molecule has 0 amide bonds. The number of carbonyl (C=O) groups is 1. The number of nitrogens with zero attached hydrogens (tertiary/aromatic N) is 1. The minimum Gasteiger partial charge on any atom is -0.471 e. The van der Waals surface area contributed by atoms with E-state index >= 15 is 0 Å². The molecule has 0 saturated heterocycles. The van der Waals surface area contributed by atoms with Crippen molar-refractivity contribution in [3.8, 4) is 0 Å². The second-order valence-electron chi connectivity index (χ2n) is 2.97. The fourth-order valence-corrected chi connectivity index (χ4v) is 2.50. The average molecular weight is 359 g/mol. The number of hydrogen-bond acceptors (Lipinski definition) is 2. The molecule has 0 unspecified atom stereocenters. The minimum absolute atomic E-state index is 0.0567. The van der Waals surface area contributed by atoms with Crippen LogP contribution in [-0.4, -0.2) is 12.6 Å². The molecule has 0 aliphatic carbocycles. The predicted molar refractivity (Wildman–Crippen MR) is 73.2 cm³/mol. The van der Waals surface area contributed by atoms with Crippen LogP contribution in [-0.2, 0) is 9.53 Å². The number of halogens is 2. The van der Waals surface area contributed by atoms with Crippen molar-refractivity contribution in [3.63, 3.8) is 0 Å². The van der Waals surface area contributed by atoms with E-state index < -0.39 is 5.97 Å². The third-order valence-electron chi connectivity index (χ3n) is 1.90. The van der Waals surface area contributed by atoms with E-state index in [0.29, 0.717) is 4.48 Å². The zero-order valence-electron chi connectivity index (χ0n) is 9.04. The van der Waals surface area contributed by atoms with Crippen LogP contribution in [0.5, 0.6) is 0 Å². The number of rotatable bonds is 3. The highest BCUT2D eigenvalue weighted by Gasteiger charge is 2.18. The number of hydrogen-bond donors (Lipinski definition) is 0. The lowest BCUT2D eigenvalue weighted by atomic mass is 10.2. The van der Waals surface area contributed by atoms with Crippen LogP contribution in [0.15, 0.2) is 34.4 Å². The van der Waals surface area contributed by atoms with Gasteiger partial charge in [0.1, 0.15) is 0 Å². The van der Waals surface area contributed by atoms with Gasteiger partial charge in [-0.1, -0.05) is 50.1 Å². The molecule has 0 fully saturated rings. The fraction of sp³-hybridized carbons (Fsp3) is 0.167. The van der Waals surface area contributed by atoms with E-state index in [1.54, 1.807) is 13.0 Å². The molecule has 88 valence electrons. The third-order valence-corrected chi connectivity index (χ3v) is 3.39. The van der Waals surface area contributed by atoms with Crippen molar-refractivity contribution in [2.24, 2.45) is 0 Å². The second kappa shape index (κ2) is 6.58. The third kappa shape index (κ3) is 3.42. The summed E-state index contributed by atoms with van der Waals surface area (Å²) in [5, 5.41) is 0. The summed E-state index contributed by atoms with van der Waals surface area (Å²) in [4.78, 5) is 14.8. The van der Waals surface area contributed by atoms with E-state index in [4.69, 9.17) is 11.3 Å². The molecule has 5 heteroatoms. The molecular weight excluding hydrogens is 350 g/mol. The van der Waals surface area contributed by atoms with Crippen molar-refractivity contribution >= 4 is 42.3 Å². The van der Waals surface area contributed by atoms with Gasteiger partial charge in [0.2, 0.25) is 0 Å². The molecule has 0 atom stereocenters. The largest absolute Gasteiger partial charge is 0.471 e. The summed E-state index contributed by atoms with van der Waals surface area (Å²) < 4.78 is 6.05. The summed E-state index contributed by atoms with van der Waals surface area (Å²) in [5.74, 6) is -0.620. The monoisotopic (exact) mass is 357 g/mol. The van der Waals surface area contributed by atoms with Crippen LogP contribution >= 0.6 is 31.9 Å². The van der Waals surface area contributed by atoms with Gasteiger partial charge in [-0.25, -0.2) is 4.85 Å². The van der Waals surface area contributed by atoms with Crippen molar-refractivity contribution in [2.45, 2.75) is 6.92 Å². The molecular formula is C12H9Br2NO2. The maximum atomic E-state index is 11.6. The van der Waals surface area contributed by atoms with Gasteiger partial charge in [0.15, 0.2) is 0 Å². The molecule has 0 spiro atoms. The molecule has 0 N–H and O–H groups in total. The van der Waals surface area contributed by atoms with Gasteiger partial charge in [-0.3, -0.25) is 4.79 Å². The van der Waals surface area contributed by atoms with Gasteiger partial charge < -0.3 is 4.74 Å². The van der Waals surface area contributed by atoms with Crippen LogP contribution in [0.25, 0.3) is 9.33 Å². The van der Waals surface area contributed by atoms with Crippen LogP contribution in [0.4, 0.5) is 0 Å². The van der Waals surface area contributed by atoms with Gasteiger partial charge in [0, 0.05) is 8.96 Å². The van der Waals surface area contributed by atoms with E-state index in [9.17, 15) is 4.79 Å². The second-order valence-corrected chi connectivity index (χ2v) is 4.62. The predicted octanol–water partition coefficient (Wildman–Crippen LogP) is 3.99. The van der Waals surface area contributed by atoms with Gasteiger partial charge in [0.05, 0.1) is 13.2 Å². The molecule has 0 radical (unpaired) electrons. The Morgan fingerprint density at radius 3 is 2.65 bits per heavy atom. The highest BCUT2D eigenvalue weighted by Crippen LogP contribution is 2.32. The fourth-order valence-electron chi connectivity index (χ4n) is 1.15. The van der Waals surface area contributed by atoms with E-state index in [1.165, 1.54) is 0 Å². The Labute approximate surface area is 117 Å². The zero-order valence-corrected chi connectivity index (χ0v) is 12.2. The summed E-state index contributed by atoms with van der Waals surface area (Å²) in [6.45, 7) is 8.98. The highest BCUT2D eigenvalue weighted by atomic mass is 79.9. The first-order chi connectivity index (χ1) is 8.11. The van der Waals surface area contributed by atoms with E-state index in [2.05, 4.69) is 36.7 Å². The first-order valence-corrected chi connectivity index (χ1v) is 6.39. The average Bonchev–Trinajstić information content (AvgIpc) is 2.30. The Morgan fingerprint density at radius 1 is 1.47 bits per heavy atom. The molecule has 0 saturated carbocycles. The molecule has 0 aliphatic heterocycles. The van der Waals surface area contributed by atoms with Gasteiger partial charge >= 0.3 is 5.97 Å². The summed E-state index contributed by atoms with van der Waals surface area (Å²) >= 11 is 6.63. The number of carbonyl (C=O) groups excluding carboxylic acids is 1. The molecule has 1 aromatic rings. The molecule has 0 bridgehead atoms. The smallest absolute Gasteiger partial charge is 0.337 e. The molecule has 17 heavy (non-hydrogen) atoms. The van der Waals surface area contributed by atoms with Crippen molar-refractivity contribution in [2.75, 3.05) is 6.61 Å². The summed E-state index contributed by atoms with van der Waals surface area (Å²) in [6, 6.07) is 7.33. The maximum absolute atomic E-state index is 11.6. The van der Waals surface area contributed by atoms with Gasteiger partial charge in [0.25, 0.3) is 5.70 Å². The Hall–Kier alpha value is -1.12. The first-order valence-electron chi connectivity index (χ1n) is 4.81. The van der Waals surface area contributed by atoms with Crippen molar-refractivity contribution in [3.05, 3.63) is 51.4 Å². The van der Waals surface area contributed by atoms with Gasteiger partial charge in [-0.05, 0) is 18.6 Å². The Kier molecular flexibility index (Phi) is 5.39. The normalized spacial score (nSPS) is 11.4. The molecule has 0 aliphatic rings. The summed E-state index contributed by atoms with van der Waals surface area (Å²) in [6.07, 6.45) is 0. The molecule has 1 aromatic carbocycles. The lowest BCUT2D eigenvalue weighted by Gasteiger charge is -2.06. The minimum atomic E-state index is -0.620. The van der Waals surface area contributed by atoms with Crippen molar-refractivity contribution < 1.29 is 9.53 Å². The number of esters is 1. The van der Waals surface area contributed by atoms with Crippen molar-refractivity contribution in [1.29, 1.82) is 0 Å². The Morgan fingerprint density at radius 2 is 2.12 bits per heavy atom.